The first-order valence-electron chi connectivity index (χ1n) is 12.8. The van der Waals surface area contributed by atoms with Crippen LogP contribution in [0.25, 0.3) is 5.57 Å². The van der Waals surface area contributed by atoms with E-state index in [0.717, 1.165) is 42.7 Å². The molecule has 5 heteroatoms. The molecule has 0 spiro atoms. The summed E-state index contributed by atoms with van der Waals surface area (Å²) in [6, 6.07) is 25.5. The molecular weight excluding hydrogens is 446 g/mol. The van der Waals surface area contributed by atoms with Crippen molar-refractivity contribution in [1.29, 1.82) is 0 Å². The van der Waals surface area contributed by atoms with Crippen LogP contribution in [0, 0.1) is 0 Å². The molecule has 1 saturated heterocycles. The van der Waals surface area contributed by atoms with E-state index in [2.05, 4.69) is 29.6 Å². The number of carbonyl (C=O) groups is 2. The highest BCUT2D eigenvalue weighted by Crippen LogP contribution is 2.33. The smallest absolute Gasteiger partial charge is 0.258 e. The van der Waals surface area contributed by atoms with Gasteiger partial charge in [0, 0.05) is 37.0 Å². The minimum atomic E-state index is -0.0388. The molecule has 1 heterocycles. The fraction of sp³-hybridized carbons (Fsp3) is 0.290. The van der Waals surface area contributed by atoms with Gasteiger partial charge in [-0.3, -0.25) is 9.59 Å². The van der Waals surface area contributed by atoms with Gasteiger partial charge in [-0.05, 0) is 92.9 Å². The number of nitrogens with one attached hydrogen (secondary N) is 1. The first kappa shape index (κ1) is 25.4. The number of hydrogen-bond donors (Lipinski definition) is 1. The summed E-state index contributed by atoms with van der Waals surface area (Å²) in [6.45, 7) is 7.29. The Bertz CT molecular complexity index is 1220. The van der Waals surface area contributed by atoms with Crippen LogP contribution in [0.3, 0.4) is 0 Å². The Morgan fingerprint density at radius 1 is 0.722 bits per heavy atom. The predicted molar refractivity (Wildman–Crippen MR) is 147 cm³/mol. The van der Waals surface area contributed by atoms with Gasteiger partial charge in [0.2, 0.25) is 0 Å². The van der Waals surface area contributed by atoms with E-state index in [-0.39, 0.29) is 11.8 Å². The van der Waals surface area contributed by atoms with Gasteiger partial charge in [0.1, 0.15) is 0 Å². The topological polar surface area (TPSA) is 52.7 Å². The van der Waals surface area contributed by atoms with Crippen LogP contribution < -0.4 is 10.2 Å². The molecule has 186 valence electrons. The Balaban J connectivity index is 1.70. The van der Waals surface area contributed by atoms with Crippen LogP contribution in [0.2, 0.25) is 0 Å². The highest BCUT2D eigenvalue weighted by molar-refractivity contribution is 6.06. The van der Waals surface area contributed by atoms with Gasteiger partial charge >= 0.3 is 0 Å². The number of benzene rings is 3. The lowest BCUT2D eigenvalue weighted by atomic mass is 9.88. The van der Waals surface area contributed by atoms with E-state index in [1.165, 1.54) is 11.1 Å². The Morgan fingerprint density at radius 2 is 1.31 bits per heavy atom. The zero-order valence-corrected chi connectivity index (χ0v) is 21.5. The van der Waals surface area contributed by atoms with Crippen molar-refractivity contribution in [2.24, 2.45) is 0 Å². The van der Waals surface area contributed by atoms with Crippen molar-refractivity contribution >= 4 is 23.1 Å². The molecule has 1 aliphatic rings. The third kappa shape index (κ3) is 5.58. The molecule has 5 nitrogen and oxygen atoms in total. The number of hydrogen-bond acceptors (Lipinski definition) is 3. The largest absolute Gasteiger partial charge is 0.339 e. The van der Waals surface area contributed by atoms with Crippen LogP contribution in [-0.2, 0) is 0 Å². The molecule has 2 amide bonds. The zero-order valence-electron chi connectivity index (χ0n) is 21.5. The van der Waals surface area contributed by atoms with E-state index in [9.17, 15) is 9.59 Å². The monoisotopic (exact) mass is 481 g/mol. The minimum absolute atomic E-state index is 0.0388. The van der Waals surface area contributed by atoms with Crippen LogP contribution in [0.4, 0.5) is 5.69 Å². The van der Waals surface area contributed by atoms with Crippen LogP contribution in [0.1, 0.15) is 58.5 Å². The van der Waals surface area contributed by atoms with Crippen molar-refractivity contribution in [3.8, 4) is 0 Å². The number of amides is 2. The summed E-state index contributed by atoms with van der Waals surface area (Å²) in [5.74, 6) is 0.0220. The summed E-state index contributed by atoms with van der Waals surface area (Å²) in [6.07, 6.45) is 1.94. The van der Waals surface area contributed by atoms with Crippen molar-refractivity contribution < 1.29 is 9.59 Å². The van der Waals surface area contributed by atoms with E-state index < -0.39 is 0 Å². The van der Waals surface area contributed by atoms with Gasteiger partial charge < -0.3 is 15.1 Å². The van der Waals surface area contributed by atoms with E-state index >= 15 is 0 Å². The van der Waals surface area contributed by atoms with E-state index in [1.807, 2.05) is 80.4 Å². The molecule has 0 bridgehead atoms. The second-order valence-corrected chi connectivity index (χ2v) is 9.06. The lowest BCUT2D eigenvalue weighted by Gasteiger charge is -2.23. The highest BCUT2D eigenvalue weighted by Gasteiger charge is 2.19. The highest BCUT2D eigenvalue weighted by atomic mass is 16.2. The van der Waals surface area contributed by atoms with Gasteiger partial charge in [-0.1, -0.05) is 48.0 Å². The van der Waals surface area contributed by atoms with Crippen LogP contribution in [0.15, 0.2) is 84.4 Å². The number of rotatable bonds is 7. The molecule has 3 aromatic carbocycles. The average molecular weight is 482 g/mol. The lowest BCUT2D eigenvalue weighted by Crippen LogP contribution is -2.30. The van der Waals surface area contributed by atoms with Crippen LogP contribution >= 0.6 is 0 Å². The summed E-state index contributed by atoms with van der Waals surface area (Å²) in [5.41, 5.74) is 6.99. The molecule has 0 saturated carbocycles. The number of nitrogens with zero attached hydrogens (tertiary/aromatic N) is 2. The Hall–Kier alpha value is -3.70. The van der Waals surface area contributed by atoms with Gasteiger partial charge in [0.15, 0.2) is 0 Å². The molecule has 1 aliphatic heterocycles. The zero-order chi connectivity index (χ0) is 25.5. The van der Waals surface area contributed by atoms with Crippen molar-refractivity contribution in [2.75, 3.05) is 38.1 Å². The lowest BCUT2D eigenvalue weighted by molar-refractivity contribution is 0.0772. The molecule has 0 unspecified atom stereocenters. The molecule has 3 aromatic rings. The molecule has 0 aliphatic carbocycles. The quantitative estimate of drug-likeness (QED) is 0.476. The average Bonchev–Trinajstić information content (AvgIpc) is 2.94. The van der Waals surface area contributed by atoms with Gasteiger partial charge in [-0.2, -0.15) is 0 Å². The standard InChI is InChI=1S/C31H35N3O2/c1-4-34(5-2)31(36)26-16-14-23(15-17-26)29(24-18-20-32-21-19-24)27-12-9-13-28(22-27)33(3)30(35)25-10-7-6-8-11-25/h6-17,22,32H,4-5,18-21H2,1-3H3. The second-order valence-electron chi connectivity index (χ2n) is 9.06. The fourth-order valence-electron chi connectivity index (χ4n) is 4.79. The van der Waals surface area contributed by atoms with E-state index in [0.29, 0.717) is 24.2 Å². The van der Waals surface area contributed by atoms with Gasteiger partial charge in [-0.15, -0.1) is 0 Å². The molecular formula is C31H35N3O2. The van der Waals surface area contributed by atoms with E-state index in [4.69, 9.17) is 0 Å². The number of carbonyl (C=O) groups excluding carboxylic acids is 2. The van der Waals surface area contributed by atoms with Crippen molar-refractivity contribution in [3.63, 3.8) is 0 Å². The third-order valence-electron chi connectivity index (χ3n) is 6.88. The Morgan fingerprint density at radius 3 is 1.94 bits per heavy atom. The summed E-state index contributed by atoms with van der Waals surface area (Å²) in [7, 11) is 1.82. The summed E-state index contributed by atoms with van der Waals surface area (Å²) < 4.78 is 0. The minimum Gasteiger partial charge on any atom is -0.339 e. The molecule has 36 heavy (non-hydrogen) atoms. The predicted octanol–water partition coefficient (Wildman–Crippen LogP) is 5.63. The van der Waals surface area contributed by atoms with Gasteiger partial charge in [0.25, 0.3) is 11.8 Å². The number of anilines is 1. The second kappa shape index (κ2) is 11.8. The van der Waals surface area contributed by atoms with Gasteiger partial charge in [-0.25, -0.2) is 0 Å². The van der Waals surface area contributed by atoms with E-state index in [1.54, 1.807) is 4.90 Å². The molecule has 4 rings (SSSR count). The number of piperidine rings is 1. The molecule has 1 fully saturated rings. The van der Waals surface area contributed by atoms with Crippen molar-refractivity contribution in [2.45, 2.75) is 26.7 Å². The first-order valence-corrected chi connectivity index (χ1v) is 12.8. The molecule has 0 radical (unpaired) electrons. The molecule has 0 atom stereocenters. The SMILES string of the molecule is CCN(CC)C(=O)c1ccc(C(=C2CCNCC2)c2cccc(N(C)C(=O)c3ccccc3)c2)cc1. The first-order chi connectivity index (χ1) is 17.5. The fourth-order valence-corrected chi connectivity index (χ4v) is 4.79. The normalized spacial score (nSPS) is 13.2. The van der Waals surface area contributed by atoms with Crippen molar-refractivity contribution in [3.05, 3.63) is 107 Å². The van der Waals surface area contributed by atoms with Crippen LogP contribution in [0.5, 0.6) is 0 Å². The summed E-state index contributed by atoms with van der Waals surface area (Å²) in [4.78, 5) is 29.4. The maximum Gasteiger partial charge on any atom is 0.258 e. The van der Waals surface area contributed by atoms with Crippen molar-refractivity contribution in [1.82, 2.24) is 10.2 Å². The maximum atomic E-state index is 13.1. The Labute approximate surface area is 214 Å². The summed E-state index contributed by atoms with van der Waals surface area (Å²) >= 11 is 0. The molecule has 0 aromatic heterocycles. The Kier molecular flexibility index (Phi) is 8.34. The third-order valence-corrected chi connectivity index (χ3v) is 6.88. The molecule has 1 N–H and O–H groups in total. The maximum absolute atomic E-state index is 13.1. The summed E-state index contributed by atoms with van der Waals surface area (Å²) in [5, 5.41) is 3.45. The van der Waals surface area contributed by atoms with Crippen LogP contribution in [-0.4, -0.2) is 49.9 Å². The van der Waals surface area contributed by atoms with Gasteiger partial charge in [0.05, 0.1) is 0 Å².